The molecule has 0 unspecified atom stereocenters. The zero-order valence-corrected chi connectivity index (χ0v) is 12.7. The molecule has 20 heavy (non-hydrogen) atoms. The van der Waals surface area contributed by atoms with E-state index < -0.39 is 5.97 Å². The molecule has 0 aliphatic carbocycles. The second kappa shape index (κ2) is 9.02. The summed E-state index contributed by atoms with van der Waals surface area (Å²) in [7, 11) is 1.63. The van der Waals surface area contributed by atoms with Crippen LogP contribution in [0.5, 0.6) is 0 Å². The van der Waals surface area contributed by atoms with E-state index in [1.54, 1.807) is 7.11 Å². The van der Waals surface area contributed by atoms with Gasteiger partial charge < -0.3 is 19.9 Å². The van der Waals surface area contributed by atoms with Gasteiger partial charge >= 0.3 is 5.97 Å². The Kier molecular flexibility index (Phi) is 7.69. The van der Waals surface area contributed by atoms with Crippen LogP contribution in [0.4, 0.5) is 5.69 Å². The van der Waals surface area contributed by atoms with Crippen molar-refractivity contribution in [1.82, 2.24) is 0 Å². The minimum absolute atomic E-state index is 0.159. The number of benzene rings is 1. The quantitative estimate of drug-likeness (QED) is 0.453. The fraction of sp³-hybridized carbons (Fsp3) is 0.462. The van der Waals surface area contributed by atoms with Gasteiger partial charge in [-0.2, -0.15) is 0 Å². The summed E-state index contributed by atoms with van der Waals surface area (Å²) in [6.45, 7) is 1.69. The highest BCUT2D eigenvalue weighted by molar-refractivity contribution is 6.43. The van der Waals surface area contributed by atoms with Crippen LogP contribution >= 0.6 is 23.2 Å². The van der Waals surface area contributed by atoms with Crippen LogP contribution in [-0.4, -0.2) is 39.5 Å². The van der Waals surface area contributed by atoms with E-state index in [0.717, 1.165) is 6.42 Å². The summed E-state index contributed by atoms with van der Waals surface area (Å²) in [5.41, 5.74) is 6.12. The number of nitrogens with two attached hydrogens (primary N) is 1. The molecule has 0 spiro atoms. The molecule has 0 saturated heterocycles. The molecule has 112 valence electrons. The van der Waals surface area contributed by atoms with Crippen LogP contribution in [0.2, 0.25) is 10.0 Å². The van der Waals surface area contributed by atoms with Crippen LogP contribution in [0.15, 0.2) is 12.1 Å². The zero-order chi connectivity index (χ0) is 15.0. The van der Waals surface area contributed by atoms with Gasteiger partial charge in [-0.15, -0.1) is 0 Å². The summed E-state index contributed by atoms with van der Waals surface area (Å²) < 4.78 is 15.2. The highest BCUT2D eigenvalue weighted by Crippen LogP contribution is 2.29. The summed E-state index contributed by atoms with van der Waals surface area (Å²) in [6, 6.07) is 2.85. The number of hydrogen-bond acceptors (Lipinski definition) is 5. The van der Waals surface area contributed by atoms with Gasteiger partial charge in [-0.3, -0.25) is 0 Å². The van der Waals surface area contributed by atoms with E-state index in [0.29, 0.717) is 19.8 Å². The SMILES string of the molecule is COCCCOCCOC(=O)c1cc(N)c(Cl)c(Cl)c1. The molecule has 0 fully saturated rings. The maximum absolute atomic E-state index is 11.7. The molecule has 1 rings (SSSR count). The van der Waals surface area contributed by atoms with E-state index in [9.17, 15) is 4.79 Å². The zero-order valence-electron chi connectivity index (χ0n) is 11.2. The second-order valence-corrected chi connectivity index (χ2v) is 4.74. The maximum Gasteiger partial charge on any atom is 0.338 e. The predicted octanol–water partition coefficient (Wildman–Crippen LogP) is 2.79. The molecule has 1 aromatic rings. The van der Waals surface area contributed by atoms with Gasteiger partial charge in [-0.25, -0.2) is 4.79 Å². The molecule has 0 radical (unpaired) electrons. The first-order chi connectivity index (χ1) is 9.56. The number of anilines is 1. The number of nitrogen functional groups attached to an aromatic ring is 1. The lowest BCUT2D eigenvalue weighted by Gasteiger charge is -2.08. The third-order valence-electron chi connectivity index (χ3n) is 2.39. The molecule has 5 nitrogen and oxygen atoms in total. The first kappa shape index (κ1) is 17.0. The number of rotatable bonds is 8. The van der Waals surface area contributed by atoms with Crippen LogP contribution in [0.1, 0.15) is 16.8 Å². The third-order valence-corrected chi connectivity index (χ3v) is 3.21. The highest BCUT2D eigenvalue weighted by Gasteiger charge is 2.12. The van der Waals surface area contributed by atoms with Crippen LogP contribution in [0.3, 0.4) is 0 Å². The largest absolute Gasteiger partial charge is 0.460 e. The average Bonchev–Trinajstić information content (AvgIpc) is 2.43. The Morgan fingerprint density at radius 2 is 1.95 bits per heavy atom. The van der Waals surface area contributed by atoms with E-state index in [1.165, 1.54) is 12.1 Å². The van der Waals surface area contributed by atoms with Crippen molar-refractivity contribution in [2.75, 3.05) is 39.3 Å². The summed E-state index contributed by atoms with van der Waals surface area (Å²) in [4.78, 5) is 11.7. The number of carbonyl (C=O) groups is 1. The van der Waals surface area contributed by atoms with Gasteiger partial charge in [0, 0.05) is 20.3 Å². The van der Waals surface area contributed by atoms with Crippen molar-refractivity contribution in [3.63, 3.8) is 0 Å². The van der Waals surface area contributed by atoms with Crippen molar-refractivity contribution in [2.24, 2.45) is 0 Å². The van der Waals surface area contributed by atoms with E-state index in [1.807, 2.05) is 0 Å². The van der Waals surface area contributed by atoms with Crippen LogP contribution in [-0.2, 0) is 14.2 Å². The molecule has 0 bridgehead atoms. The number of hydrogen-bond donors (Lipinski definition) is 1. The topological polar surface area (TPSA) is 70.8 Å². The lowest BCUT2D eigenvalue weighted by molar-refractivity contribution is 0.0288. The van der Waals surface area contributed by atoms with Crippen LogP contribution < -0.4 is 5.73 Å². The van der Waals surface area contributed by atoms with Crippen molar-refractivity contribution < 1.29 is 19.0 Å². The normalized spacial score (nSPS) is 10.6. The minimum atomic E-state index is -0.518. The minimum Gasteiger partial charge on any atom is -0.460 e. The number of carbonyl (C=O) groups excluding carboxylic acids is 1. The predicted molar refractivity (Wildman–Crippen MR) is 78.5 cm³/mol. The lowest BCUT2D eigenvalue weighted by Crippen LogP contribution is -2.12. The van der Waals surface area contributed by atoms with Gasteiger partial charge in [-0.1, -0.05) is 23.2 Å². The van der Waals surface area contributed by atoms with Crippen LogP contribution in [0, 0.1) is 0 Å². The molecular weight excluding hydrogens is 305 g/mol. The van der Waals surface area contributed by atoms with Gasteiger partial charge in [0.2, 0.25) is 0 Å². The summed E-state index contributed by atoms with van der Waals surface area (Å²) in [5, 5.41) is 0.444. The lowest BCUT2D eigenvalue weighted by atomic mass is 10.2. The molecule has 1 aromatic carbocycles. The second-order valence-electron chi connectivity index (χ2n) is 3.96. The molecule has 0 aromatic heterocycles. The Morgan fingerprint density at radius 1 is 1.20 bits per heavy atom. The first-order valence-corrected chi connectivity index (χ1v) is 6.80. The Hall–Kier alpha value is -1.01. The number of ether oxygens (including phenoxy) is 3. The summed E-state index contributed by atoms with van der Waals surface area (Å²) in [6.07, 6.45) is 0.799. The molecule has 0 saturated carbocycles. The van der Waals surface area contributed by atoms with Gasteiger partial charge in [-0.05, 0) is 18.6 Å². The van der Waals surface area contributed by atoms with Gasteiger partial charge in [0.15, 0.2) is 0 Å². The highest BCUT2D eigenvalue weighted by atomic mass is 35.5. The summed E-state index contributed by atoms with van der Waals surface area (Å²) >= 11 is 11.6. The molecule has 0 heterocycles. The molecule has 2 N–H and O–H groups in total. The Labute approximate surface area is 127 Å². The standard InChI is InChI=1S/C13H17Cl2NO4/c1-18-3-2-4-19-5-6-20-13(17)9-7-10(14)12(15)11(16)8-9/h7-8H,2-6,16H2,1H3. The van der Waals surface area contributed by atoms with Crippen LogP contribution in [0.25, 0.3) is 0 Å². The first-order valence-electron chi connectivity index (χ1n) is 6.04. The fourth-order valence-corrected chi connectivity index (χ4v) is 1.75. The fourth-order valence-electron chi connectivity index (χ4n) is 1.41. The molecule has 0 aliphatic rings. The monoisotopic (exact) mass is 321 g/mol. The van der Waals surface area contributed by atoms with Crippen molar-refractivity contribution in [1.29, 1.82) is 0 Å². The van der Waals surface area contributed by atoms with E-state index >= 15 is 0 Å². The van der Waals surface area contributed by atoms with Gasteiger partial charge in [0.25, 0.3) is 0 Å². The van der Waals surface area contributed by atoms with Gasteiger partial charge in [0.1, 0.15) is 6.61 Å². The van der Waals surface area contributed by atoms with Crippen molar-refractivity contribution in [3.8, 4) is 0 Å². The van der Waals surface area contributed by atoms with Crippen molar-refractivity contribution in [2.45, 2.75) is 6.42 Å². The van der Waals surface area contributed by atoms with E-state index in [-0.39, 0.29) is 27.9 Å². The number of methoxy groups -OCH3 is 1. The molecular formula is C13H17Cl2NO4. The molecule has 0 atom stereocenters. The van der Waals surface area contributed by atoms with Crippen molar-refractivity contribution in [3.05, 3.63) is 27.7 Å². The molecule has 0 amide bonds. The average molecular weight is 322 g/mol. The van der Waals surface area contributed by atoms with Crippen molar-refractivity contribution >= 4 is 34.9 Å². The van der Waals surface area contributed by atoms with Gasteiger partial charge in [0.05, 0.1) is 27.9 Å². The van der Waals surface area contributed by atoms with E-state index in [4.69, 9.17) is 43.1 Å². The Balaban J connectivity index is 2.33. The number of halogens is 2. The Morgan fingerprint density at radius 3 is 2.60 bits per heavy atom. The number of esters is 1. The smallest absolute Gasteiger partial charge is 0.338 e. The Bertz CT molecular complexity index is 431. The summed E-state index contributed by atoms with van der Waals surface area (Å²) in [5.74, 6) is -0.518. The van der Waals surface area contributed by atoms with E-state index in [2.05, 4.69) is 0 Å². The maximum atomic E-state index is 11.7. The molecule has 7 heteroatoms. The molecule has 0 aliphatic heterocycles. The third kappa shape index (κ3) is 5.54.